The fraction of sp³-hybridized carbons (Fsp3) is 0.273. The maximum absolute atomic E-state index is 13.1. The summed E-state index contributed by atoms with van der Waals surface area (Å²) < 4.78 is 3.28. The van der Waals surface area contributed by atoms with E-state index in [4.69, 9.17) is 0 Å². The summed E-state index contributed by atoms with van der Waals surface area (Å²) in [6, 6.07) is 9.60. The van der Waals surface area contributed by atoms with Gasteiger partial charge in [-0.2, -0.15) is 0 Å². The average Bonchev–Trinajstić information content (AvgIpc) is 3.20. The highest BCUT2D eigenvalue weighted by Crippen LogP contribution is 2.22. The van der Waals surface area contributed by atoms with E-state index in [1.54, 1.807) is 32.8 Å². The Kier molecular flexibility index (Phi) is 5.22. The van der Waals surface area contributed by atoms with E-state index >= 15 is 0 Å². The lowest BCUT2D eigenvalue weighted by molar-refractivity contribution is 0.0728. The molecule has 3 heterocycles. The van der Waals surface area contributed by atoms with E-state index in [0.29, 0.717) is 37.3 Å². The van der Waals surface area contributed by atoms with Gasteiger partial charge in [0.25, 0.3) is 17.4 Å². The van der Waals surface area contributed by atoms with Crippen molar-refractivity contribution in [3.8, 4) is 0 Å². The lowest BCUT2D eigenvalue weighted by atomic mass is 9.95. The third-order valence-corrected chi connectivity index (χ3v) is 5.33. The van der Waals surface area contributed by atoms with Crippen LogP contribution in [0.25, 0.3) is 0 Å². The van der Waals surface area contributed by atoms with Crippen LogP contribution in [0.4, 0.5) is 0 Å². The van der Waals surface area contributed by atoms with Crippen molar-refractivity contribution in [2.45, 2.75) is 19.5 Å². The Balaban J connectivity index is 1.73. The lowest BCUT2D eigenvalue weighted by Gasteiger charge is -2.30. The zero-order chi connectivity index (χ0) is 21.3. The van der Waals surface area contributed by atoms with Crippen molar-refractivity contribution in [3.05, 3.63) is 87.4 Å². The van der Waals surface area contributed by atoms with E-state index in [1.165, 1.54) is 7.05 Å². The highest BCUT2D eigenvalue weighted by atomic mass is 16.2. The molecule has 0 fully saturated rings. The molecule has 0 saturated heterocycles. The zero-order valence-electron chi connectivity index (χ0n) is 17.0. The molecule has 0 aliphatic carbocycles. The van der Waals surface area contributed by atoms with E-state index < -0.39 is 5.91 Å². The van der Waals surface area contributed by atoms with Gasteiger partial charge in [-0.25, -0.2) is 4.98 Å². The summed E-state index contributed by atoms with van der Waals surface area (Å²) >= 11 is 0. The largest absolute Gasteiger partial charge is 0.355 e. The first kappa shape index (κ1) is 19.6. The Labute approximate surface area is 173 Å². The van der Waals surface area contributed by atoms with Crippen molar-refractivity contribution in [1.82, 2.24) is 24.3 Å². The van der Waals surface area contributed by atoms with E-state index in [1.807, 2.05) is 37.4 Å². The minimum Gasteiger partial charge on any atom is -0.355 e. The van der Waals surface area contributed by atoms with Gasteiger partial charge in [-0.3, -0.25) is 14.4 Å². The molecule has 3 aromatic rings. The summed E-state index contributed by atoms with van der Waals surface area (Å²) in [4.78, 5) is 44.3. The van der Waals surface area contributed by atoms with E-state index in [0.717, 1.165) is 11.1 Å². The first-order valence-corrected chi connectivity index (χ1v) is 9.76. The fourth-order valence-corrected chi connectivity index (χ4v) is 3.83. The zero-order valence-corrected chi connectivity index (χ0v) is 17.0. The highest BCUT2D eigenvalue weighted by Gasteiger charge is 2.28. The molecule has 1 N–H and O–H groups in total. The van der Waals surface area contributed by atoms with Gasteiger partial charge in [-0.15, -0.1) is 0 Å². The normalized spacial score (nSPS) is 13.1. The maximum atomic E-state index is 13.1. The number of rotatable bonds is 4. The van der Waals surface area contributed by atoms with Crippen LogP contribution in [0.15, 0.2) is 53.8 Å². The van der Waals surface area contributed by atoms with Crippen molar-refractivity contribution in [2.75, 3.05) is 13.6 Å². The van der Waals surface area contributed by atoms with Crippen LogP contribution in [0.3, 0.4) is 0 Å². The molecule has 30 heavy (non-hydrogen) atoms. The van der Waals surface area contributed by atoms with Crippen LogP contribution in [0, 0.1) is 0 Å². The highest BCUT2D eigenvalue weighted by molar-refractivity contribution is 5.96. The Morgan fingerprint density at radius 3 is 2.60 bits per heavy atom. The van der Waals surface area contributed by atoms with Crippen LogP contribution < -0.4 is 10.9 Å². The number of carbonyl (C=O) groups is 2. The Morgan fingerprint density at radius 2 is 1.93 bits per heavy atom. The van der Waals surface area contributed by atoms with Crippen LogP contribution >= 0.6 is 0 Å². The topological polar surface area (TPSA) is 89.2 Å². The summed E-state index contributed by atoms with van der Waals surface area (Å²) in [6.45, 7) is 1.10. The summed E-state index contributed by atoms with van der Waals surface area (Å²) in [5.41, 5.74) is 2.70. The van der Waals surface area contributed by atoms with Gasteiger partial charge in [0.05, 0.1) is 12.9 Å². The van der Waals surface area contributed by atoms with Crippen LogP contribution in [0.2, 0.25) is 0 Å². The van der Waals surface area contributed by atoms with Gasteiger partial charge in [0.1, 0.15) is 11.3 Å². The average molecular weight is 405 g/mol. The van der Waals surface area contributed by atoms with E-state index in [9.17, 15) is 14.4 Å². The van der Waals surface area contributed by atoms with Gasteiger partial charge in [0.2, 0.25) is 0 Å². The molecule has 0 saturated carbocycles. The number of imidazole rings is 1. The van der Waals surface area contributed by atoms with Gasteiger partial charge >= 0.3 is 0 Å². The number of hydrogen-bond donors (Lipinski definition) is 1. The number of aryl methyl sites for hydroxylation is 1. The molecule has 8 heteroatoms. The monoisotopic (exact) mass is 405 g/mol. The fourth-order valence-electron chi connectivity index (χ4n) is 3.83. The Hall–Kier alpha value is -3.68. The molecule has 8 nitrogen and oxygen atoms in total. The molecule has 0 atom stereocenters. The summed E-state index contributed by atoms with van der Waals surface area (Å²) in [7, 11) is 3.33. The predicted octanol–water partition coefficient (Wildman–Crippen LogP) is 1.19. The van der Waals surface area contributed by atoms with Gasteiger partial charge in [-0.1, -0.05) is 30.3 Å². The third kappa shape index (κ3) is 3.63. The van der Waals surface area contributed by atoms with Crippen molar-refractivity contribution < 1.29 is 9.59 Å². The smallest absolute Gasteiger partial charge is 0.274 e. The predicted molar refractivity (Wildman–Crippen MR) is 111 cm³/mol. The number of carbonyl (C=O) groups excluding carboxylic acids is 2. The SMILES string of the molecule is CNC(=O)c1c2c(cn(Cc3ccccc3)c1=O)CN(C(=O)c1cn(C)cn1)CC2. The molecule has 2 amide bonds. The number of benzene rings is 1. The van der Waals surface area contributed by atoms with Crippen molar-refractivity contribution >= 4 is 11.8 Å². The second-order valence-corrected chi connectivity index (χ2v) is 7.41. The molecule has 4 rings (SSSR count). The molecule has 0 unspecified atom stereocenters. The number of fused-ring (bicyclic) bond motifs is 1. The first-order chi connectivity index (χ1) is 14.5. The maximum Gasteiger partial charge on any atom is 0.274 e. The molecule has 1 aliphatic heterocycles. The Bertz CT molecular complexity index is 1160. The molecular weight excluding hydrogens is 382 g/mol. The second-order valence-electron chi connectivity index (χ2n) is 7.41. The molecule has 2 aromatic heterocycles. The van der Waals surface area contributed by atoms with E-state index in [-0.39, 0.29) is 17.0 Å². The summed E-state index contributed by atoms with van der Waals surface area (Å²) in [5.74, 6) is -0.563. The lowest BCUT2D eigenvalue weighted by Crippen LogP contribution is -2.41. The second kappa shape index (κ2) is 7.98. The minimum absolute atomic E-state index is 0.163. The molecule has 1 aromatic carbocycles. The standard InChI is InChI=1S/C22H23N5O3/c1-23-20(28)19-17-8-9-26(21(29)18-13-25(2)14-24-18)11-16(17)12-27(22(19)30)10-15-6-4-3-5-7-15/h3-7,12-14H,8-11H2,1-2H3,(H,23,28). The molecule has 0 radical (unpaired) electrons. The molecule has 1 aliphatic rings. The number of aromatic nitrogens is 3. The van der Waals surface area contributed by atoms with Crippen LogP contribution in [-0.4, -0.2) is 44.4 Å². The van der Waals surface area contributed by atoms with Crippen LogP contribution in [-0.2, 0) is 26.6 Å². The minimum atomic E-state index is -0.400. The third-order valence-electron chi connectivity index (χ3n) is 5.33. The van der Waals surface area contributed by atoms with Crippen LogP contribution in [0.1, 0.15) is 37.5 Å². The molecule has 154 valence electrons. The first-order valence-electron chi connectivity index (χ1n) is 9.76. The number of amides is 2. The molecule has 0 bridgehead atoms. The van der Waals surface area contributed by atoms with Crippen molar-refractivity contribution in [1.29, 1.82) is 0 Å². The van der Waals surface area contributed by atoms with Crippen LogP contribution in [0.5, 0.6) is 0 Å². The quantitative estimate of drug-likeness (QED) is 0.706. The number of nitrogens with one attached hydrogen (secondary N) is 1. The van der Waals surface area contributed by atoms with E-state index in [2.05, 4.69) is 10.3 Å². The molecule has 0 spiro atoms. The number of nitrogens with zero attached hydrogens (tertiary/aromatic N) is 4. The summed E-state index contributed by atoms with van der Waals surface area (Å²) in [5, 5.41) is 2.58. The van der Waals surface area contributed by atoms with Gasteiger partial charge in [-0.05, 0) is 23.1 Å². The van der Waals surface area contributed by atoms with Gasteiger partial charge in [0, 0.05) is 39.6 Å². The number of pyridine rings is 1. The summed E-state index contributed by atoms with van der Waals surface area (Å²) in [6.07, 6.45) is 5.49. The number of hydrogen-bond acceptors (Lipinski definition) is 4. The van der Waals surface area contributed by atoms with Crippen molar-refractivity contribution in [3.63, 3.8) is 0 Å². The molecular formula is C22H23N5O3. The van der Waals surface area contributed by atoms with Gasteiger partial charge < -0.3 is 19.4 Å². The Morgan fingerprint density at radius 1 is 1.17 bits per heavy atom. The van der Waals surface area contributed by atoms with Gasteiger partial charge in [0.15, 0.2) is 0 Å². The van der Waals surface area contributed by atoms with Crippen molar-refractivity contribution in [2.24, 2.45) is 7.05 Å².